The van der Waals surface area contributed by atoms with Crippen LogP contribution in [0.5, 0.6) is 0 Å². The van der Waals surface area contributed by atoms with Gasteiger partial charge in [-0.05, 0) is 30.5 Å². The Labute approximate surface area is 125 Å². The van der Waals surface area contributed by atoms with E-state index in [1.54, 1.807) is 0 Å². The van der Waals surface area contributed by atoms with Crippen LogP contribution in [0.1, 0.15) is 31.2 Å². The Morgan fingerprint density at radius 1 is 1.33 bits per heavy atom. The first-order chi connectivity index (χ1) is 10.3. The number of carbonyl (C=O) groups is 1. The van der Waals surface area contributed by atoms with Crippen LogP contribution in [0, 0.1) is 5.92 Å². The lowest BCUT2D eigenvalue weighted by atomic mass is 10.1. The molecule has 1 amide bonds. The van der Waals surface area contributed by atoms with Gasteiger partial charge in [0.15, 0.2) is 0 Å². The van der Waals surface area contributed by atoms with Crippen molar-refractivity contribution in [2.45, 2.75) is 32.2 Å². The highest BCUT2D eigenvalue weighted by Gasteiger charge is 2.22. The highest BCUT2D eigenvalue weighted by molar-refractivity contribution is 5.78. The fraction of sp³-hybridized carbons (Fsp3) is 0.625. The van der Waals surface area contributed by atoms with Crippen LogP contribution >= 0.6 is 0 Å². The number of rotatable bonds is 4. The van der Waals surface area contributed by atoms with E-state index in [2.05, 4.69) is 21.3 Å². The summed E-state index contributed by atoms with van der Waals surface area (Å²) in [6.45, 7) is 3.86. The Hall–Kier alpha value is -1.62. The fourth-order valence-electron chi connectivity index (χ4n) is 3.06. The number of pyridine rings is 1. The quantitative estimate of drug-likeness (QED) is 0.917. The van der Waals surface area contributed by atoms with Crippen molar-refractivity contribution in [3.8, 4) is 0 Å². The smallest absolute Gasteiger partial charge is 0.223 e. The maximum Gasteiger partial charge on any atom is 0.223 e. The van der Waals surface area contributed by atoms with Crippen LogP contribution in [0.3, 0.4) is 0 Å². The van der Waals surface area contributed by atoms with Gasteiger partial charge in [0.25, 0.3) is 0 Å². The molecule has 5 nitrogen and oxygen atoms in total. The molecular formula is C16H23N3O2. The fourth-order valence-corrected chi connectivity index (χ4v) is 3.06. The summed E-state index contributed by atoms with van der Waals surface area (Å²) in [5.74, 6) is 1.41. The lowest BCUT2D eigenvalue weighted by molar-refractivity contribution is -0.124. The molecule has 2 heterocycles. The normalized spacial score (nSPS) is 19.7. The minimum absolute atomic E-state index is 0.206. The van der Waals surface area contributed by atoms with E-state index in [9.17, 15) is 4.79 Å². The van der Waals surface area contributed by atoms with Crippen molar-refractivity contribution in [3.63, 3.8) is 0 Å². The van der Waals surface area contributed by atoms with Gasteiger partial charge >= 0.3 is 0 Å². The summed E-state index contributed by atoms with van der Waals surface area (Å²) in [5, 5.41) is 3.06. The molecule has 0 atom stereocenters. The Kier molecular flexibility index (Phi) is 4.70. The zero-order valence-electron chi connectivity index (χ0n) is 12.4. The molecule has 1 aromatic rings. The van der Waals surface area contributed by atoms with Gasteiger partial charge < -0.3 is 15.0 Å². The third-order valence-corrected chi connectivity index (χ3v) is 4.34. The Morgan fingerprint density at radius 2 is 2.10 bits per heavy atom. The second kappa shape index (κ2) is 6.89. The molecule has 2 aliphatic rings. The van der Waals surface area contributed by atoms with Crippen LogP contribution in [0.15, 0.2) is 18.3 Å². The van der Waals surface area contributed by atoms with Crippen LogP contribution in [-0.4, -0.2) is 37.2 Å². The average Bonchev–Trinajstić information content (AvgIpc) is 3.08. The zero-order chi connectivity index (χ0) is 14.5. The molecule has 1 aromatic heterocycles. The molecule has 1 saturated carbocycles. The molecule has 1 aliphatic carbocycles. The standard InChI is InChI=1S/C16H23N3O2/c20-16(14-3-1-2-4-14)18-12-13-5-6-17-15(11-13)19-7-9-21-10-8-19/h5-6,11,14H,1-4,7-10,12H2,(H,18,20). The van der Waals surface area contributed by atoms with Crippen molar-refractivity contribution in [3.05, 3.63) is 23.9 Å². The number of nitrogens with zero attached hydrogens (tertiary/aromatic N) is 2. The number of hydrogen-bond donors (Lipinski definition) is 1. The Balaban J connectivity index is 1.56. The second-order valence-corrected chi connectivity index (χ2v) is 5.82. The molecule has 1 saturated heterocycles. The summed E-state index contributed by atoms with van der Waals surface area (Å²) in [5.41, 5.74) is 1.11. The molecular weight excluding hydrogens is 266 g/mol. The summed E-state index contributed by atoms with van der Waals surface area (Å²) in [6.07, 6.45) is 6.29. The topological polar surface area (TPSA) is 54.5 Å². The van der Waals surface area contributed by atoms with E-state index in [4.69, 9.17) is 4.74 Å². The molecule has 0 unspecified atom stereocenters. The molecule has 1 aliphatic heterocycles. The number of amides is 1. The van der Waals surface area contributed by atoms with E-state index < -0.39 is 0 Å². The van der Waals surface area contributed by atoms with E-state index in [0.717, 1.165) is 50.5 Å². The van der Waals surface area contributed by atoms with Crippen LogP contribution in [-0.2, 0) is 16.1 Å². The monoisotopic (exact) mass is 289 g/mol. The molecule has 0 aromatic carbocycles. The largest absolute Gasteiger partial charge is 0.378 e. The first-order valence-corrected chi connectivity index (χ1v) is 7.88. The first kappa shape index (κ1) is 14.3. The van der Waals surface area contributed by atoms with Gasteiger partial charge in [-0.15, -0.1) is 0 Å². The van der Waals surface area contributed by atoms with E-state index in [0.29, 0.717) is 6.54 Å². The molecule has 0 bridgehead atoms. The number of hydrogen-bond acceptors (Lipinski definition) is 4. The van der Waals surface area contributed by atoms with Crippen LogP contribution in [0.2, 0.25) is 0 Å². The maximum absolute atomic E-state index is 12.1. The molecule has 2 fully saturated rings. The summed E-state index contributed by atoms with van der Waals surface area (Å²) >= 11 is 0. The number of aromatic nitrogens is 1. The van der Waals surface area contributed by atoms with Crippen molar-refractivity contribution in [1.29, 1.82) is 0 Å². The number of carbonyl (C=O) groups excluding carboxylic acids is 1. The number of nitrogens with one attached hydrogen (secondary N) is 1. The van der Waals surface area contributed by atoms with Gasteiger partial charge in [0.2, 0.25) is 5.91 Å². The summed E-state index contributed by atoms with van der Waals surface area (Å²) < 4.78 is 5.36. The molecule has 0 spiro atoms. The predicted molar refractivity (Wildman–Crippen MR) is 81.1 cm³/mol. The van der Waals surface area contributed by atoms with E-state index in [1.165, 1.54) is 12.8 Å². The molecule has 3 rings (SSSR count). The van der Waals surface area contributed by atoms with Crippen LogP contribution in [0.4, 0.5) is 5.82 Å². The summed E-state index contributed by atoms with van der Waals surface area (Å²) in [6, 6.07) is 4.04. The molecule has 21 heavy (non-hydrogen) atoms. The van der Waals surface area contributed by atoms with Gasteiger partial charge in [0.05, 0.1) is 13.2 Å². The highest BCUT2D eigenvalue weighted by Crippen LogP contribution is 2.24. The van der Waals surface area contributed by atoms with E-state index in [-0.39, 0.29) is 11.8 Å². The number of morpholine rings is 1. The third kappa shape index (κ3) is 3.73. The molecule has 1 N–H and O–H groups in total. The lowest BCUT2D eigenvalue weighted by Crippen LogP contribution is -2.36. The molecule has 114 valence electrons. The predicted octanol–water partition coefficient (Wildman–Crippen LogP) is 1.72. The van der Waals surface area contributed by atoms with Gasteiger partial charge in [0, 0.05) is 31.7 Å². The molecule has 5 heteroatoms. The zero-order valence-corrected chi connectivity index (χ0v) is 12.4. The average molecular weight is 289 g/mol. The van der Waals surface area contributed by atoms with E-state index >= 15 is 0 Å². The van der Waals surface area contributed by atoms with Crippen LogP contribution < -0.4 is 10.2 Å². The van der Waals surface area contributed by atoms with Gasteiger partial charge in [-0.2, -0.15) is 0 Å². The van der Waals surface area contributed by atoms with Gasteiger partial charge in [0.1, 0.15) is 5.82 Å². The third-order valence-electron chi connectivity index (χ3n) is 4.34. The minimum Gasteiger partial charge on any atom is -0.378 e. The molecule has 0 radical (unpaired) electrons. The number of anilines is 1. The maximum atomic E-state index is 12.1. The van der Waals surface area contributed by atoms with Gasteiger partial charge in [-0.3, -0.25) is 4.79 Å². The van der Waals surface area contributed by atoms with Crippen molar-refractivity contribution in [1.82, 2.24) is 10.3 Å². The Morgan fingerprint density at radius 3 is 2.86 bits per heavy atom. The summed E-state index contributed by atoms with van der Waals surface area (Å²) in [7, 11) is 0. The van der Waals surface area contributed by atoms with Crippen molar-refractivity contribution in [2.75, 3.05) is 31.2 Å². The van der Waals surface area contributed by atoms with Crippen molar-refractivity contribution >= 4 is 11.7 Å². The van der Waals surface area contributed by atoms with Crippen molar-refractivity contribution < 1.29 is 9.53 Å². The minimum atomic E-state index is 0.206. The van der Waals surface area contributed by atoms with Gasteiger partial charge in [-0.1, -0.05) is 12.8 Å². The SMILES string of the molecule is O=C(NCc1ccnc(N2CCOCC2)c1)C1CCCC1. The number of ether oxygens (including phenoxy) is 1. The summed E-state index contributed by atoms with van der Waals surface area (Å²) in [4.78, 5) is 18.7. The van der Waals surface area contributed by atoms with Crippen LogP contribution in [0.25, 0.3) is 0 Å². The highest BCUT2D eigenvalue weighted by atomic mass is 16.5. The second-order valence-electron chi connectivity index (χ2n) is 5.82. The van der Waals surface area contributed by atoms with Gasteiger partial charge in [-0.25, -0.2) is 4.98 Å². The first-order valence-electron chi connectivity index (χ1n) is 7.88. The Bertz CT molecular complexity index is 480. The van der Waals surface area contributed by atoms with E-state index in [1.807, 2.05) is 12.3 Å². The van der Waals surface area contributed by atoms with Crippen molar-refractivity contribution in [2.24, 2.45) is 5.92 Å². The lowest BCUT2D eigenvalue weighted by Gasteiger charge is -2.28.